The molecule has 2 rings (SSSR count). The molecule has 2 N–H and O–H groups in total. The molecule has 74 valence electrons. The van der Waals surface area contributed by atoms with Gasteiger partial charge in [0.05, 0.1) is 11.3 Å². The number of anilines is 1. The highest BCUT2D eigenvalue weighted by molar-refractivity contribution is 7.21. The topological polar surface area (TPSA) is 35.2 Å². The van der Waals surface area contributed by atoms with E-state index in [1.54, 1.807) is 18.2 Å². The van der Waals surface area contributed by atoms with Gasteiger partial charge in [0.2, 0.25) is 5.06 Å². The van der Waals surface area contributed by atoms with Crippen molar-refractivity contribution in [3.8, 4) is 5.06 Å². The SMILES string of the molecule is CCOc1sc2c(N)cccc2c1F. The van der Waals surface area contributed by atoms with Crippen LogP contribution in [0.5, 0.6) is 5.06 Å². The van der Waals surface area contributed by atoms with Crippen LogP contribution in [-0.2, 0) is 0 Å². The molecule has 0 spiro atoms. The predicted molar refractivity (Wildman–Crippen MR) is 57.4 cm³/mol. The molecule has 1 aromatic heterocycles. The number of hydrogen-bond donors (Lipinski definition) is 1. The van der Waals surface area contributed by atoms with Gasteiger partial charge in [0, 0.05) is 11.1 Å². The number of halogens is 1. The smallest absolute Gasteiger partial charge is 0.211 e. The second kappa shape index (κ2) is 3.46. The minimum atomic E-state index is -0.306. The van der Waals surface area contributed by atoms with Crippen molar-refractivity contribution in [1.82, 2.24) is 0 Å². The van der Waals surface area contributed by atoms with Crippen LogP contribution in [0.4, 0.5) is 10.1 Å². The molecular weight excluding hydrogens is 201 g/mol. The maximum absolute atomic E-state index is 13.6. The Kier molecular flexibility index (Phi) is 2.29. The summed E-state index contributed by atoms with van der Waals surface area (Å²) in [5.74, 6) is -0.306. The molecule has 0 fully saturated rings. The summed E-state index contributed by atoms with van der Waals surface area (Å²) in [5.41, 5.74) is 6.32. The highest BCUT2D eigenvalue weighted by Gasteiger charge is 2.13. The number of fused-ring (bicyclic) bond motifs is 1. The third kappa shape index (κ3) is 1.32. The van der Waals surface area contributed by atoms with Crippen LogP contribution in [0.2, 0.25) is 0 Å². The van der Waals surface area contributed by atoms with E-state index in [1.807, 2.05) is 6.92 Å². The van der Waals surface area contributed by atoms with Crippen LogP contribution in [0.3, 0.4) is 0 Å². The van der Waals surface area contributed by atoms with Crippen LogP contribution in [0.25, 0.3) is 10.1 Å². The quantitative estimate of drug-likeness (QED) is 0.775. The van der Waals surface area contributed by atoms with Crippen LogP contribution < -0.4 is 10.5 Å². The summed E-state index contributed by atoms with van der Waals surface area (Å²) in [4.78, 5) is 0. The van der Waals surface area contributed by atoms with Gasteiger partial charge in [0.15, 0.2) is 5.82 Å². The molecule has 0 aliphatic carbocycles. The first-order valence-electron chi connectivity index (χ1n) is 4.33. The Morgan fingerprint density at radius 2 is 2.29 bits per heavy atom. The molecule has 0 bridgehead atoms. The van der Waals surface area contributed by atoms with Crippen LogP contribution in [-0.4, -0.2) is 6.61 Å². The molecule has 2 aromatic rings. The lowest BCUT2D eigenvalue weighted by Crippen LogP contribution is -1.89. The van der Waals surface area contributed by atoms with E-state index < -0.39 is 0 Å². The van der Waals surface area contributed by atoms with E-state index in [0.29, 0.717) is 22.7 Å². The van der Waals surface area contributed by atoms with Crippen molar-refractivity contribution in [3.05, 3.63) is 24.0 Å². The minimum absolute atomic E-state index is 0.306. The van der Waals surface area contributed by atoms with Crippen molar-refractivity contribution >= 4 is 27.1 Å². The third-order valence-electron chi connectivity index (χ3n) is 1.93. The van der Waals surface area contributed by atoms with Gasteiger partial charge in [0.25, 0.3) is 0 Å². The summed E-state index contributed by atoms with van der Waals surface area (Å²) in [6.07, 6.45) is 0. The minimum Gasteiger partial charge on any atom is -0.482 e. The molecule has 0 aliphatic heterocycles. The van der Waals surface area contributed by atoms with Gasteiger partial charge in [-0.2, -0.15) is 0 Å². The van der Waals surface area contributed by atoms with Crippen LogP contribution in [0.15, 0.2) is 18.2 Å². The fraction of sp³-hybridized carbons (Fsp3) is 0.200. The number of ether oxygens (including phenoxy) is 1. The molecule has 2 nitrogen and oxygen atoms in total. The van der Waals surface area contributed by atoms with Gasteiger partial charge in [0.1, 0.15) is 0 Å². The molecule has 14 heavy (non-hydrogen) atoms. The van der Waals surface area contributed by atoms with Crippen molar-refractivity contribution in [1.29, 1.82) is 0 Å². The Bertz CT molecular complexity index is 466. The zero-order valence-electron chi connectivity index (χ0n) is 7.71. The van der Waals surface area contributed by atoms with Crippen molar-refractivity contribution in [2.24, 2.45) is 0 Å². The van der Waals surface area contributed by atoms with Crippen molar-refractivity contribution in [3.63, 3.8) is 0 Å². The van der Waals surface area contributed by atoms with Crippen LogP contribution in [0.1, 0.15) is 6.92 Å². The van der Waals surface area contributed by atoms with Crippen molar-refractivity contribution in [2.75, 3.05) is 12.3 Å². The predicted octanol–water partition coefficient (Wildman–Crippen LogP) is 3.02. The van der Waals surface area contributed by atoms with Crippen molar-refractivity contribution in [2.45, 2.75) is 6.92 Å². The average Bonchev–Trinajstić information content (AvgIpc) is 2.48. The molecular formula is C10H10FNOS. The molecule has 0 unspecified atom stereocenters. The maximum Gasteiger partial charge on any atom is 0.211 e. The lowest BCUT2D eigenvalue weighted by atomic mass is 10.2. The van der Waals surface area contributed by atoms with Gasteiger partial charge >= 0.3 is 0 Å². The monoisotopic (exact) mass is 211 g/mol. The van der Waals surface area contributed by atoms with Gasteiger partial charge in [-0.1, -0.05) is 23.5 Å². The summed E-state index contributed by atoms with van der Waals surface area (Å²) in [6.45, 7) is 2.29. The molecule has 0 atom stereocenters. The van der Waals surface area contributed by atoms with E-state index in [0.717, 1.165) is 4.70 Å². The van der Waals surface area contributed by atoms with Gasteiger partial charge < -0.3 is 10.5 Å². The molecule has 0 radical (unpaired) electrons. The van der Waals surface area contributed by atoms with E-state index in [1.165, 1.54) is 11.3 Å². The third-order valence-corrected chi connectivity index (χ3v) is 3.07. The normalized spacial score (nSPS) is 10.7. The second-order valence-electron chi connectivity index (χ2n) is 2.86. The number of benzene rings is 1. The Hall–Kier alpha value is -1.29. The van der Waals surface area contributed by atoms with Gasteiger partial charge in [-0.25, -0.2) is 4.39 Å². The Morgan fingerprint density at radius 1 is 1.50 bits per heavy atom. The van der Waals surface area contributed by atoms with E-state index in [4.69, 9.17) is 10.5 Å². The number of hydrogen-bond acceptors (Lipinski definition) is 3. The van der Waals surface area contributed by atoms with Crippen molar-refractivity contribution < 1.29 is 9.13 Å². The molecule has 1 aromatic carbocycles. The zero-order valence-corrected chi connectivity index (χ0v) is 8.53. The molecule has 0 aliphatic rings. The summed E-state index contributed by atoms with van der Waals surface area (Å²) in [7, 11) is 0. The molecule has 0 saturated carbocycles. The van der Waals surface area contributed by atoms with Crippen LogP contribution in [0, 0.1) is 5.82 Å². The highest BCUT2D eigenvalue weighted by Crippen LogP contribution is 2.38. The summed E-state index contributed by atoms with van der Waals surface area (Å²) >= 11 is 1.25. The Morgan fingerprint density at radius 3 is 2.93 bits per heavy atom. The van der Waals surface area contributed by atoms with E-state index >= 15 is 0 Å². The van der Waals surface area contributed by atoms with Gasteiger partial charge in [-0.3, -0.25) is 0 Å². The van der Waals surface area contributed by atoms with E-state index in [2.05, 4.69) is 0 Å². The van der Waals surface area contributed by atoms with E-state index in [-0.39, 0.29) is 5.82 Å². The highest BCUT2D eigenvalue weighted by atomic mass is 32.1. The first-order valence-corrected chi connectivity index (χ1v) is 5.15. The fourth-order valence-electron chi connectivity index (χ4n) is 1.31. The molecule has 1 heterocycles. The zero-order chi connectivity index (χ0) is 10.1. The van der Waals surface area contributed by atoms with E-state index in [9.17, 15) is 4.39 Å². The molecule has 0 saturated heterocycles. The largest absolute Gasteiger partial charge is 0.482 e. The Balaban J connectivity index is 2.67. The standard InChI is InChI=1S/C10H10FNOS/c1-2-13-10-8(11)6-4-3-5-7(12)9(6)14-10/h3-5H,2,12H2,1H3. The second-order valence-corrected chi connectivity index (χ2v) is 3.84. The average molecular weight is 211 g/mol. The first kappa shape index (κ1) is 9.27. The lowest BCUT2D eigenvalue weighted by molar-refractivity contribution is 0.334. The number of nitrogen functional groups attached to an aromatic ring is 1. The fourth-order valence-corrected chi connectivity index (χ4v) is 2.33. The van der Waals surface area contributed by atoms with Crippen LogP contribution >= 0.6 is 11.3 Å². The molecule has 4 heteroatoms. The van der Waals surface area contributed by atoms with Gasteiger partial charge in [-0.05, 0) is 13.0 Å². The maximum atomic E-state index is 13.6. The lowest BCUT2D eigenvalue weighted by Gasteiger charge is -1.96. The first-order chi connectivity index (χ1) is 6.74. The molecule has 0 amide bonds. The number of nitrogens with two attached hydrogens (primary N) is 1. The summed E-state index contributed by atoms with van der Waals surface area (Å²) in [5, 5.41) is 0.860. The number of rotatable bonds is 2. The summed E-state index contributed by atoms with van der Waals surface area (Å²) in [6, 6.07) is 5.21. The van der Waals surface area contributed by atoms with Gasteiger partial charge in [-0.15, -0.1) is 0 Å². The summed E-state index contributed by atoms with van der Waals surface area (Å²) < 4.78 is 19.5. The number of thiophene rings is 1. The Labute approximate surface area is 85.1 Å².